The molecule has 4 heteroatoms. The molecule has 0 bridgehead atoms. The van der Waals surface area contributed by atoms with Gasteiger partial charge in [-0.25, -0.2) is 4.79 Å². The standard InChI is InChI=1S/C19H14O4/c1-12(20)23-18-8-6-13(7-9-18)14-2-3-16-11-17(19(21)22)5-4-15(16)10-14/h2-11H,1H3,(H,21,22). The van der Waals surface area contributed by atoms with Gasteiger partial charge in [-0.3, -0.25) is 4.79 Å². The number of carboxylic acid groups (broad SMARTS) is 1. The van der Waals surface area contributed by atoms with Gasteiger partial charge in [-0.05, 0) is 52.2 Å². The van der Waals surface area contributed by atoms with Crippen molar-refractivity contribution < 1.29 is 19.4 Å². The van der Waals surface area contributed by atoms with Crippen LogP contribution in [0.4, 0.5) is 0 Å². The van der Waals surface area contributed by atoms with Crippen LogP contribution >= 0.6 is 0 Å². The van der Waals surface area contributed by atoms with E-state index < -0.39 is 5.97 Å². The Balaban J connectivity index is 1.95. The molecule has 3 rings (SSSR count). The number of rotatable bonds is 3. The fourth-order valence-corrected chi connectivity index (χ4v) is 2.44. The minimum atomic E-state index is -0.933. The molecule has 4 nitrogen and oxygen atoms in total. The van der Waals surface area contributed by atoms with Gasteiger partial charge in [-0.2, -0.15) is 0 Å². The summed E-state index contributed by atoms with van der Waals surface area (Å²) in [5, 5.41) is 10.9. The predicted octanol–water partition coefficient (Wildman–Crippen LogP) is 4.13. The fourth-order valence-electron chi connectivity index (χ4n) is 2.44. The first-order valence-electron chi connectivity index (χ1n) is 7.09. The lowest BCUT2D eigenvalue weighted by Crippen LogP contribution is -2.00. The highest BCUT2D eigenvalue weighted by Gasteiger charge is 2.05. The summed E-state index contributed by atoms with van der Waals surface area (Å²) in [5.41, 5.74) is 2.27. The Labute approximate surface area is 132 Å². The van der Waals surface area contributed by atoms with Crippen LogP contribution in [0, 0.1) is 0 Å². The number of benzene rings is 3. The van der Waals surface area contributed by atoms with Crippen molar-refractivity contribution in [2.75, 3.05) is 0 Å². The Hall–Kier alpha value is -3.14. The molecule has 1 N–H and O–H groups in total. The van der Waals surface area contributed by atoms with E-state index in [4.69, 9.17) is 9.84 Å². The highest BCUT2D eigenvalue weighted by molar-refractivity contribution is 5.95. The average Bonchev–Trinajstić information content (AvgIpc) is 2.54. The van der Waals surface area contributed by atoms with Crippen molar-refractivity contribution in [2.45, 2.75) is 6.92 Å². The van der Waals surface area contributed by atoms with Gasteiger partial charge in [-0.1, -0.05) is 30.3 Å². The maximum absolute atomic E-state index is 11.0. The summed E-state index contributed by atoms with van der Waals surface area (Å²) in [7, 11) is 0. The second-order valence-corrected chi connectivity index (χ2v) is 5.20. The molecule has 0 radical (unpaired) electrons. The van der Waals surface area contributed by atoms with Crippen molar-refractivity contribution in [2.24, 2.45) is 0 Å². The van der Waals surface area contributed by atoms with Crippen LogP contribution in [0.1, 0.15) is 17.3 Å². The lowest BCUT2D eigenvalue weighted by Gasteiger charge is -2.06. The Morgan fingerprint density at radius 2 is 1.43 bits per heavy atom. The van der Waals surface area contributed by atoms with E-state index in [2.05, 4.69) is 0 Å². The van der Waals surface area contributed by atoms with Gasteiger partial charge in [0.1, 0.15) is 5.75 Å². The third-order valence-electron chi connectivity index (χ3n) is 3.54. The van der Waals surface area contributed by atoms with E-state index in [1.165, 1.54) is 6.92 Å². The number of carbonyl (C=O) groups excluding carboxylic acids is 1. The number of hydrogen-bond donors (Lipinski definition) is 1. The quantitative estimate of drug-likeness (QED) is 0.583. The molecule has 0 unspecified atom stereocenters. The molecular weight excluding hydrogens is 292 g/mol. The Morgan fingerprint density at radius 3 is 2.09 bits per heavy atom. The van der Waals surface area contributed by atoms with Gasteiger partial charge in [0.25, 0.3) is 0 Å². The molecule has 0 fully saturated rings. The van der Waals surface area contributed by atoms with Gasteiger partial charge < -0.3 is 9.84 Å². The zero-order valence-corrected chi connectivity index (χ0v) is 12.4. The Morgan fingerprint density at radius 1 is 0.826 bits per heavy atom. The van der Waals surface area contributed by atoms with Gasteiger partial charge in [0, 0.05) is 6.92 Å². The van der Waals surface area contributed by atoms with E-state index in [1.54, 1.807) is 30.3 Å². The monoisotopic (exact) mass is 306 g/mol. The lowest BCUT2D eigenvalue weighted by molar-refractivity contribution is -0.131. The largest absolute Gasteiger partial charge is 0.478 e. The molecule has 0 aliphatic carbocycles. The Kier molecular flexibility index (Phi) is 3.81. The van der Waals surface area contributed by atoms with Crippen LogP contribution in [-0.4, -0.2) is 17.0 Å². The molecule has 114 valence electrons. The number of carboxylic acids is 1. The van der Waals surface area contributed by atoms with Gasteiger partial charge >= 0.3 is 11.9 Å². The summed E-state index contributed by atoms with van der Waals surface area (Å²) in [4.78, 5) is 21.9. The number of fused-ring (bicyclic) bond motifs is 1. The Bertz CT molecular complexity index is 895. The van der Waals surface area contributed by atoms with E-state index in [0.717, 1.165) is 21.9 Å². The summed E-state index contributed by atoms with van der Waals surface area (Å²) in [6, 6.07) is 18.1. The molecule has 0 saturated heterocycles. The summed E-state index contributed by atoms with van der Waals surface area (Å²) in [5.74, 6) is -0.775. The van der Waals surface area contributed by atoms with Crippen LogP contribution < -0.4 is 4.74 Å². The molecule has 0 heterocycles. The molecule has 3 aromatic rings. The lowest BCUT2D eigenvalue weighted by atomic mass is 10.00. The number of ether oxygens (including phenoxy) is 1. The summed E-state index contributed by atoms with van der Waals surface area (Å²) in [6.45, 7) is 1.36. The molecule has 3 aromatic carbocycles. The molecule has 0 aliphatic rings. The normalized spacial score (nSPS) is 10.5. The van der Waals surface area contributed by atoms with Crippen LogP contribution in [0.5, 0.6) is 5.75 Å². The first-order chi connectivity index (χ1) is 11.0. The number of carbonyl (C=O) groups is 2. The van der Waals surface area contributed by atoms with Crippen LogP contribution in [0.25, 0.3) is 21.9 Å². The zero-order chi connectivity index (χ0) is 16.4. The first kappa shape index (κ1) is 14.8. The number of aromatic carboxylic acids is 1. The van der Waals surface area contributed by atoms with Gasteiger partial charge in [0.05, 0.1) is 5.56 Å². The predicted molar refractivity (Wildman–Crippen MR) is 87.7 cm³/mol. The van der Waals surface area contributed by atoms with Gasteiger partial charge in [-0.15, -0.1) is 0 Å². The topological polar surface area (TPSA) is 63.6 Å². The third kappa shape index (κ3) is 3.21. The molecule has 0 saturated carbocycles. The average molecular weight is 306 g/mol. The van der Waals surface area contributed by atoms with E-state index in [-0.39, 0.29) is 11.5 Å². The second kappa shape index (κ2) is 5.93. The van der Waals surface area contributed by atoms with E-state index in [1.807, 2.05) is 30.3 Å². The minimum absolute atomic E-state index is 0.274. The smallest absolute Gasteiger partial charge is 0.335 e. The van der Waals surface area contributed by atoms with Crippen molar-refractivity contribution in [3.63, 3.8) is 0 Å². The first-order valence-corrected chi connectivity index (χ1v) is 7.09. The molecule has 0 aliphatic heterocycles. The molecule has 0 atom stereocenters. The molecular formula is C19H14O4. The van der Waals surface area contributed by atoms with Crippen LogP contribution in [0.3, 0.4) is 0 Å². The van der Waals surface area contributed by atoms with Crippen molar-refractivity contribution in [3.05, 3.63) is 66.2 Å². The highest BCUT2D eigenvalue weighted by atomic mass is 16.5. The van der Waals surface area contributed by atoms with E-state index in [9.17, 15) is 9.59 Å². The molecule has 0 aromatic heterocycles. The number of esters is 1. The fraction of sp³-hybridized carbons (Fsp3) is 0.0526. The summed E-state index contributed by atoms with van der Waals surface area (Å²) >= 11 is 0. The molecule has 0 amide bonds. The molecule has 23 heavy (non-hydrogen) atoms. The minimum Gasteiger partial charge on any atom is -0.478 e. The van der Waals surface area contributed by atoms with Crippen LogP contribution in [0.2, 0.25) is 0 Å². The van der Waals surface area contributed by atoms with Crippen LogP contribution in [-0.2, 0) is 4.79 Å². The highest BCUT2D eigenvalue weighted by Crippen LogP contribution is 2.26. The SMILES string of the molecule is CC(=O)Oc1ccc(-c2ccc3cc(C(=O)O)ccc3c2)cc1. The van der Waals surface area contributed by atoms with E-state index in [0.29, 0.717) is 5.75 Å². The van der Waals surface area contributed by atoms with E-state index >= 15 is 0 Å². The number of hydrogen-bond acceptors (Lipinski definition) is 3. The van der Waals surface area contributed by atoms with Crippen molar-refractivity contribution >= 4 is 22.7 Å². The second-order valence-electron chi connectivity index (χ2n) is 5.20. The maximum Gasteiger partial charge on any atom is 0.335 e. The van der Waals surface area contributed by atoms with Crippen molar-refractivity contribution in [1.82, 2.24) is 0 Å². The zero-order valence-electron chi connectivity index (χ0n) is 12.4. The summed E-state index contributed by atoms with van der Waals surface area (Å²) < 4.78 is 5.02. The summed E-state index contributed by atoms with van der Waals surface area (Å²) in [6.07, 6.45) is 0. The molecule has 0 spiro atoms. The van der Waals surface area contributed by atoms with Gasteiger partial charge in [0.15, 0.2) is 0 Å². The van der Waals surface area contributed by atoms with Crippen molar-refractivity contribution in [1.29, 1.82) is 0 Å². The third-order valence-corrected chi connectivity index (χ3v) is 3.54. The maximum atomic E-state index is 11.0. The van der Waals surface area contributed by atoms with Crippen LogP contribution in [0.15, 0.2) is 60.7 Å². The van der Waals surface area contributed by atoms with Gasteiger partial charge in [0.2, 0.25) is 0 Å². The van der Waals surface area contributed by atoms with Crippen molar-refractivity contribution in [3.8, 4) is 16.9 Å².